The van der Waals surface area contributed by atoms with Crippen molar-refractivity contribution < 1.29 is 14.3 Å². The summed E-state index contributed by atoms with van der Waals surface area (Å²) in [6.45, 7) is 7.43. The van der Waals surface area contributed by atoms with E-state index in [-0.39, 0.29) is 23.3 Å². The Morgan fingerprint density at radius 3 is 2.78 bits per heavy atom. The van der Waals surface area contributed by atoms with Gasteiger partial charge in [-0.15, -0.1) is 0 Å². The first-order chi connectivity index (χ1) is 13.0. The van der Waals surface area contributed by atoms with Crippen LogP contribution in [0, 0.1) is 5.41 Å². The summed E-state index contributed by atoms with van der Waals surface area (Å²) in [6, 6.07) is 3.92. The molecule has 3 rings (SSSR count). The fourth-order valence-electron chi connectivity index (χ4n) is 4.19. The minimum Gasteiger partial charge on any atom is -0.369 e. The number of rotatable bonds is 6. The van der Waals surface area contributed by atoms with Crippen LogP contribution in [0.1, 0.15) is 51.5 Å². The molecule has 0 unspecified atom stereocenters. The van der Waals surface area contributed by atoms with E-state index in [0.29, 0.717) is 19.6 Å². The Hall–Kier alpha value is -1.95. The molecule has 0 bridgehead atoms. The molecule has 27 heavy (non-hydrogen) atoms. The number of pyridine rings is 1. The second-order valence-corrected chi connectivity index (χ2v) is 7.95. The van der Waals surface area contributed by atoms with Crippen LogP contribution in [-0.4, -0.2) is 58.9 Å². The Bertz CT molecular complexity index is 641. The van der Waals surface area contributed by atoms with Gasteiger partial charge in [0.25, 0.3) is 5.91 Å². The third-order valence-corrected chi connectivity index (χ3v) is 5.90. The number of carbonyl (C=O) groups is 2. The monoisotopic (exact) mass is 373 g/mol. The summed E-state index contributed by atoms with van der Waals surface area (Å²) in [5.74, 6) is 0.321. The van der Waals surface area contributed by atoms with E-state index in [0.717, 1.165) is 50.9 Å². The first-order valence-corrected chi connectivity index (χ1v) is 10.1. The van der Waals surface area contributed by atoms with Gasteiger partial charge in [0, 0.05) is 51.6 Å². The van der Waals surface area contributed by atoms with Crippen molar-refractivity contribution in [3.05, 3.63) is 30.1 Å². The van der Waals surface area contributed by atoms with Gasteiger partial charge < -0.3 is 14.5 Å². The van der Waals surface area contributed by atoms with Crippen LogP contribution in [0.15, 0.2) is 24.5 Å². The molecule has 2 amide bonds. The number of carbonyl (C=O) groups excluding carboxylic acids is 2. The second kappa shape index (κ2) is 8.83. The molecule has 0 aliphatic carbocycles. The van der Waals surface area contributed by atoms with Crippen LogP contribution in [-0.2, 0) is 20.9 Å². The third kappa shape index (κ3) is 4.86. The normalized spacial score (nSPS) is 20.7. The third-order valence-electron chi connectivity index (χ3n) is 5.90. The smallest absolute Gasteiger partial charge is 0.251 e. The number of amides is 2. The van der Waals surface area contributed by atoms with Crippen molar-refractivity contribution in [1.29, 1.82) is 0 Å². The predicted molar refractivity (Wildman–Crippen MR) is 103 cm³/mol. The number of likely N-dealkylation sites (tertiary alicyclic amines) is 2. The van der Waals surface area contributed by atoms with Crippen LogP contribution in [0.25, 0.3) is 0 Å². The molecule has 1 aromatic rings. The molecule has 2 aliphatic rings. The van der Waals surface area contributed by atoms with E-state index >= 15 is 0 Å². The maximum atomic E-state index is 12.6. The number of nitrogens with zero attached hydrogens (tertiary/aromatic N) is 3. The van der Waals surface area contributed by atoms with E-state index in [9.17, 15) is 9.59 Å². The van der Waals surface area contributed by atoms with Crippen LogP contribution in [0.3, 0.4) is 0 Å². The quantitative estimate of drug-likeness (QED) is 0.769. The maximum Gasteiger partial charge on any atom is 0.251 e. The SMILES string of the molecule is CCCO[C@@H](C)C(=O)N1CCC2(CCC(=O)N(Cc3cccnc3)C2)CC1. The molecule has 3 heterocycles. The van der Waals surface area contributed by atoms with Gasteiger partial charge >= 0.3 is 0 Å². The van der Waals surface area contributed by atoms with E-state index < -0.39 is 0 Å². The zero-order chi connectivity index (χ0) is 19.3. The number of hydrogen-bond donors (Lipinski definition) is 0. The fourth-order valence-corrected chi connectivity index (χ4v) is 4.19. The number of piperidine rings is 2. The van der Waals surface area contributed by atoms with Gasteiger partial charge in [0.2, 0.25) is 5.91 Å². The Morgan fingerprint density at radius 2 is 2.11 bits per heavy atom. The first kappa shape index (κ1) is 19.8. The number of ether oxygens (including phenoxy) is 1. The molecule has 1 atom stereocenters. The van der Waals surface area contributed by atoms with Gasteiger partial charge in [-0.2, -0.15) is 0 Å². The molecule has 2 fully saturated rings. The van der Waals surface area contributed by atoms with Gasteiger partial charge in [0.05, 0.1) is 0 Å². The molecule has 0 radical (unpaired) electrons. The zero-order valence-corrected chi connectivity index (χ0v) is 16.5. The van der Waals surface area contributed by atoms with Crippen LogP contribution in [0.5, 0.6) is 0 Å². The molecule has 2 aliphatic heterocycles. The lowest BCUT2D eigenvalue weighted by molar-refractivity contribution is -0.148. The Kier molecular flexibility index (Phi) is 6.47. The lowest BCUT2D eigenvalue weighted by Crippen LogP contribution is -2.53. The highest BCUT2D eigenvalue weighted by Crippen LogP contribution is 2.40. The highest BCUT2D eigenvalue weighted by molar-refractivity contribution is 5.80. The summed E-state index contributed by atoms with van der Waals surface area (Å²) >= 11 is 0. The molecular weight excluding hydrogens is 342 g/mol. The van der Waals surface area contributed by atoms with Crippen molar-refractivity contribution in [2.75, 3.05) is 26.2 Å². The van der Waals surface area contributed by atoms with Gasteiger partial charge in [-0.1, -0.05) is 13.0 Å². The summed E-state index contributed by atoms with van der Waals surface area (Å²) in [5.41, 5.74) is 1.21. The van der Waals surface area contributed by atoms with Gasteiger partial charge in [0.15, 0.2) is 0 Å². The topological polar surface area (TPSA) is 62.7 Å². The molecule has 6 nitrogen and oxygen atoms in total. The molecule has 0 N–H and O–H groups in total. The number of aromatic nitrogens is 1. The Labute approximate surface area is 161 Å². The molecule has 6 heteroatoms. The Morgan fingerprint density at radius 1 is 1.33 bits per heavy atom. The lowest BCUT2D eigenvalue weighted by Gasteiger charge is -2.47. The van der Waals surface area contributed by atoms with Crippen molar-refractivity contribution in [2.45, 2.75) is 58.6 Å². The van der Waals surface area contributed by atoms with Gasteiger partial charge in [-0.25, -0.2) is 0 Å². The lowest BCUT2D eigenvalue weighted by atomic mass is 9.72. The van der Waals surface area contributed by atoms with Crippen LogP contribution in [0.2, 0.25) is 0 Å². The maximum absolute atomic E-state index is 12.6. The average molecular weight is 373 g/mol. The van der Waals surface area contributed by atoms with E-state index in [4.69, 9.17) is 4.74 Å². The minimum atomic E-state index is -0.367. The van der Waals surface area contributed by atoms with Gasteiger partial charge in [-0.05, 0) is 49.7 Å². The average Bonchev–Trinajstić information content (AvgIpc) is 2.70. The van der Waals surface area contributed by atoms with E-state index in [1.807, 2.05) is 42.0 Å². The minimum absolute atomic E-state index is 0.0948. The predicted octanol–water partition coefficient (Wildman–Crippen LogP) is 2.63. The molecule has 0 saturated carbocycles. The standard InChI is InChI=1S/C21H31N3O3/c1-3-13-27-17(2)20(26)23-11-8-21(9-12-23)7-6-19(25)24(16-21)15-18-5-4-10-22-14-18/h4-5,10,14,17H,3,6-9,11-13,15-16H2,1-2H3/t17-/m0/s1. The van der Waals surface area contributed by atoms with E-state index in [1.54, 1.807) is 6.20 Å². The molecule has 1 spiro atoms. The van der Waals surface area contributed by atoms with Crippen molar-refractivity contribution in [3.63, 3.8) is 0 Å². The van der Waals surface area contributed by atoms with E-state index in [1.165, 1.54) is 0 Å². The van der Waals surface area contributed by atoms with Crippen molar-refractivity contribution >= 4 is 11.8 Å². The van der Waals surface area contributed by atoms with Crippen molar-refractivity contribution in [3.8, 4) is 0 Å². The highest BCUT2D eigenvalue weighted by atomic mass is 16.5. The van der Waals surface area contributed by atoms with Crippen LogP contribution in [0.4, 0.5) is 0 Å². The molecule has 0 aromatic carbocycles. The van der Waals surface area contributed by atoms with E-state index in [2.05, 4.69) is 4.98 Å². The van der Waals surface area contributed by atoms with Gasteiger partial charge in [-0.3, -0.25) is 14.6 Å². The zero-order valence-electron chi connectivity index (χ0n) is 16.5. The van der Waals surface area contributed by atoms with Gasteiger partial charge in [0.1, 0.15) is 6.10 Å². The molecule has 2 saturated heterocycles. The fraction of sp³-hybridized carbons (Fsp3) is 0.667. The van der Waals surface area contributed by atoms with Crippen molar-refractivity contribution in [2.24, 2.45) is 5.41 Å². The molecule has 1 aromatic heterocycles. The first-order valence-electron chi connectivity index (χ1n) is 10.1. The molecule has 148 valence electrons. The summed E-state index contributed by atoms with van der Waals surface area (Å²) < 4.78 is 5.59. The summed E-state index contributed by atoms with van der Waals surface area (Å²) in [7, 11) is 0. The van der Waals surface area contributed by atoms with Crippen LogP contribution < -0.4 is 0 Å². The van der Waals surface area contributed by atoms with Crippen LogP contribution >= 0.6 is 0 Å². The largest absolute Gasteiger partial charge is 0.369 e. The summed E-state index contributed by atoms with van der Waals surface area (Å²) in [5, 5.41) is 0. The summed E-state index contributed by atoms with van der Waals surface area (Å²) in [4.78, 5) is 33.0. The Balaban J connectivity index is 1.56. The number of hydrogen-bond acceptors (Lipinski definition) is 4. The highest BCUT2D eigenvalue weighted by Gasteiger charge is 2.42. The molecular formula is C21H31N3O3. The van der Waals surface area contributed by atoms with Crippen molar-refractivity contribution in [1.82, 2.24) is 14.8 Å². The summed E-state index contributed by atoms with van der Waals surface area (Å²) in [6.07, 6.45) is 7.57. The second-order valence-electron chi connectivity index (χ2n) is 7.95.